The molecule has 1 heterocycles. The van der Waals surface area contributed by atoms with Gasteiger partial charge in [0.05, 0.1) is 0 Å². The van der Waals surface area contributed by atoms with Crippen LogP contribution < -0.4 is 5.73 Å². The van der Waals surface area contributed by atoms with E-state index in [1.165, 1.54) is 11.5 Å². The van der Waals surface area contributed by atoms with Crippen molar-refractivity contribution in [2.45, 2.75) is 30.6 Å². The van der Waals surface area contributed by atoms with Crippen LogP contribution in [0.1, 0.15) is 20.3 Å². The first-order valence-electron chi connectivity index (χ1n) is 4.39. The van der Waals surface area contributed by atoms with Gasteiger partial charge in [0, 0.05) is 11.8 Å². The summed E-state index contributed by atoms with van der Waals surface area (Å²) in [6, 6.07) is 0.263. The van der Waals surface area contributed by atoms with Crippen LogP contribution in [0.15, 0.2) is 10.7 Å². The topological polar surface area (TPSA) is 51.8 Å². The highest BCUT2D eigenvalue weighted by Crippen LogP contribution is 2.21. The van der Waals surface area contributed by atoms with Crippen molar-refractivity contribution >= 4 is 23.3 Å². The average Bonchev–Trinajstić information content (AvgIpc) is 2.65. The van der Waals surface area contributed by atoms with E-state index in [1.807, 2.05) is 0 Å². The quantitative estimate of drug-likeness (QED) is 0.767. The van der Waals surface area contributed by atoms with Crippen molar-refractivity contribution in [1.29, 1.82) is 0 Å². The lowest BCUT2D eigenvalue weighted by atomic mass is 10.0. The number of nitrogens with two attached hydrogens (primary N) is 1. The molecule has 2 N–H and O–H groups in total. The summed E-state index contributed by atoms with van der Waals surface area (Å²) in [7, 11) is 0. The van der Waals surface area contributed by atoms with Gasteiger partial charge in [-0.15, -0.1) is 0 Å². The maximum absolute atomic E-state index is 5.98. The fourth-order valence-electron chi connectivity index (χ4n) is 0.861. The lowest BCUT2D eigenvalue weighted by molar-refractivity contribution is 0.475. The maximum Gasteiger partial charge on any atom is 0.169 e. The molecular weight excluding hydrogens is 202 g/mol. The van der Waals surface area contributed by atoms with Crippen molar-refractivity contribution in [3.63, 3.8) is 0 Å². The van der Waals surface area contributed by atoms with Crippen LogP contribution in [0.25, 0.3) is 0 Å². The van der Waals surface area contributed by atoms with E-state index in [0.29, 0.717) is 5.92 Å². The maximum atomic E-state index is 5.98. The fraction of sp³-hybridized carbons (Fsp3) is 0.750. The van der Waals surface area contributed by atoms with Crippen molar-refractivity contribution in [3.05, 3.63) is 6.33 Å². The van der Waals surface area contributed by atoms with E-state index >= 15 is 0 Å². The van der Waals surface area contributed by atoms with Gasteiger partial charge in [0.1, 0.15) is 6.33 Å². The summed E-state index contributed by atoms with van der Waals surface area (Å²) in [6.07, 6.45) is 2.72. The van der Waals surface area contributed by atoms with E-state index in [0.717, 1.165) is 16.5 Å². The van der Waals surface area contributed by atoms with Crippen LogP contribution in [-0.4, -0.2) is 21.2 Å². The third-order valence-corrected chi connectivity index (χ3v) is 4.06. The molecule has 0 aliphatic rings. The summed E-state index contributed by atoms with van der Waals surface area (Å²) in [5.74, 6) is 1.52. The number of nitrogens with zero attached hydrogens (tertiary/aromatic N) is 2. The molecule has 13 heavy (non-hydrogen) atoms. The van der Waals surface area contributed by atoms with Crippen molar-refractivity contribution in [1.82, 2.24) is 9.36 Å². The molecule has 0 spiro atoms. The Hall–Kier alpha value is -0.130. The van der Waals surface area contributed by atoms with Crippen molar-refractivity contribution < 1.29 is 0 Å². The predicted octanol–water partition coefficient (Wildman–Crippen LogP) is 2.00. The van der Waals surface area contributed by atoms with E-state index in [4.69, 9.17) is 5.73 Å². The first-order chi connectivity index (χ1) is 6.24. The van der Waals surface area contributed by atoms with Gasteiger partial charge < -0.3 is 5.73 Å². The van der Waals surface area contributed by atoms with Crippen LogP contribution in [0, 0.1) is 5.92 Å². The summed E-state index contributed by atoms with van der Waals surface area (Å²) in [4.78, 5) is 4.09. The second-order valence-corrected chi connectivity index (χ2v) is 5.11. The van der Waals surface area contributed by atoms with Crippen LogP contribution >= 0.6 is 23.3 Å². The molecule has 74 valence electrons. The van der Waals surface area contributed by atoms with Crippen molar-refractivity contribution in [2.75, 3.05) is 5.75 Å². The van der Waals surface area contributed by atoms with Gasteiger partial charge in [-0.1, -0.05) is 32.0 Å². The molecule has 0 aliphatic carbocycles. The second kappa shape index (κ2) is 5.57. The van der Waals surface area contributed by atoms with E-state index in [2.05, 4.69) is 23.2 Å². The molecule has 0 aliphatic heterocycles. The third kappa shape index (κ3) is 3.62. The van der Waals surface area contributed by atoms with Crippen LogP contribution in [0.5, 0.6) is 0 Å². The molecule has 1 rings (SSSR count). The molecule has 0 amide bonds. The summed E-state index contributed by atoms with van der Waals surface area (Å²) in [6.45, 7) is 4.35. The highest BCUT2D eigenvalue weighted by Gasteiger charge is 2.11. The molecule has 2 atom stereocenters. The molecule has 1 aromatic rings. The zero-order valence-corrected chi connectivity index (χ0v) is 9.57. The highest BCUT2D eigenvalue weighted by molar-refractivity contribution is 8.00. The highest BCUT2D eigenvalue weighted by atomic mass is 32.2. The van der Waals surface area contributed by atoms with E-state index in [-0.39, 0.29) is 6.04 Å². The normalized spacial score (nSPS) is 15.6. The standard InChI is InChI=1S/C8H15N3S2/c1-3-6(2)7(9)4-12-8-10-5-11-13-8/h5-7H,3-4,9H2,1-2H3. The molecule has 0 fully saturated rings. The molecule has 0 bridgehead atoms. The zero-order chi connectivity index (χ0) is 9.68. The molecular formula is C8H15N3S2. The van der Waals surface area contributed by atoms with Crippen LogP contribution in [0.3, 0.4) is 0 Å². The van der Waals surface area contributed by atoms with Gasteiger partial charge in [-0.25, -0.2) is 4.98 Å². The summed E-state index contributed by atoms with van der Waals surface area (Å²) in [5, 5.41) is 0. The Balaban J connectivity index is 2.26. The Kier molecular flexibility index (Phi) is 4.69. The zero-order valence-electron chi connectivity index (χ0n) is 7.93. The van der Waals surface area contributed by atoms with Gasteiger partial charge in [-0.2, -0.15) is 4.37 Å². The fourth-order valence-corrected chi connectivity index (χ4v) is 2.47. The predicted molar refractivity (Wildman–Crippen MR) is 58.1 cm³/mol. The Labute approximate surface area is 87.3 Å². The second-order valence-electron chi connectivity index (χ2n) is 3.07. The first kappa shape index (κ1) is 10.9. The summed E-state index contributed by atoms with van der Waals surface area (Å²) in [5.41, 5.74) is 5.98. The van der Waals surface area contributed by atoms with Crippen LogP contribution in [0.4, 0.5) is 0 Å². The monoisotopic (exact) mass is 217 g/mol. The molecule has 1 aromatic heterocycles. The van der Waals surface area contributed by atoms with Gasteiger partial charge in [-0.05, 0) is 17.5 Å². The molecule has 0 radical (unpaired) electrons. The average molecular weight is 217 g/mol. The summed E-state index contributed by atoms with van der Waals surface area (Å²) < 4.78 is 4.95. The van der Waals surface area contributed by atoms with Gasteiger partial charge >= 0.3 is 0 Å². The molecule has 0 aromatic carbocycles. The minimum atomic E-state index is 0.263. The smallest absolute Gasteiger partial charge is 0.169 e. The van der Waals surface area contributed by atoms with E-state index < -0.39 is 0 Å². The minimum Gasteiger partial charge on any atom is -0.327 e. The van der Waals surface area contributed by atoms with Gasteiger partial charge in [0.25, 0.3) is 0 Å². The number of hydrogen-bond acceptors (Lipinski definition) is 5. The summed E-state index contributed by atoms with van der Waals surface area (Å²) >= 11 is 3.13. The largest absolute Gasteiger partial charge is 0.327 e. The lowest BCUT2D eigenvalue weighted by Crippen LogP contribution is -2.30. The Bertz CT molecular complexity index is 225. The SMILES string of the molecule is CCC(C)C(N)CSc1ncns1. The molecule has 5 heteroatoms. The van der Waals surface area contributed by atoms with Crippen molar-refractivity contribution in [2.24, 2.45) is 11.7 Å². The van der Waals surface area contributed by atoms with E-state index in [1.54, 1.807) is 18.1 Å². The van der Waals surface area contributed by atoms with Crippen LogP contribution in [-0.2, 0) is 0 Å². The third-order valence-electron chi connectivity index (χ3n) is 2.12. The van der Waals surface area contributed by atoms with E-state index in [9.17, 15) is 0 Å². The molecule has 3 nitrogen and oxygen atoms in total. The number of hydrogen-bond donors (Lipinski definition) is 1. The number of rotatable bonds is 5. The number of thioether (sulfide) groups is 1. The van der Waals surface area contributed by atoms with Crippen LogP contribution in [0.2, 0.25) is 0 Å². The lowest BCUT2D eigenvalue weighted by Gasteiger charge is -2.16. The molecule has 0 saturated carbocycles. The Morgan fingerprint density at radius 2 is 2.46 bits per heavy atom. The minimum absolute atomic E-state index is 0.263. The molecule has 0 saturated heterocycles. The number of aromatic nitrogens is 2. The first-order valence-corrected chi connectivity index (χ1v) is 6.15. The van der Waals surface area contributed by atoms with Gasteiger partial charge in [0.15, 0.2) is 4.34 Å². The molecule has 2 unspecified atom stereocenters. The Morgan fingerprint density at radius 3 is 3.00 bits per heavy atom. The van der Waals surface area contributed by atoms with Crippen molar-refractivity contribution in [3.8, 4) is 0 Å². The van der Waals surface area contributed by atoms with Gasteiger partial charge in [0.2, 0.25) is 0 Å². The Morgan fingerprint density at radius 1 is 1.69 bits per heavy atom. The van der Waals surface area contributed by atoms with Gasteiger partial charge in [-0.3, -0.25) is 0 Å².